The number of hydrogen-bond donors (Lipinski definition) is 1. The number of hydrogen-bond acceptors (Lipinski definition) is 7. The standard InChI is InChI=1S/C24H40O6S/c1-10-19(25)29-18(15-23(8,12-3)13-4)16-28-20(26)17(5)14-24(9,31)21(27)30-22(6,7)11-2/h10,14,18,31H,1,11-13,15-16H2,2-9H3/b17-14+/t18-,24?/m1/s1. The third-order valence-corrected chi connectivity index (χ3v) is 6.04. The Morgan fingerprint density at radius 2 is 1.58 bits per heavy atom. The third-order valence-electron chi connectivity index (χ3n) is 5.73. The highest BCUT2D eigenvalue weighted by Crippen LogP contribution is 2.32. The highest BCUT2D eigenvalue weighted by Gasteiger charge is 2.34. The summed E-state index contributed by atoms with van der Waals surface area (Å²) in [7, 11) is 0. The van der Waals surface area contributed by atoms with Crippen molar-refractivity contribution < 1.29 is 28.6 Å². The molecule has 0 aliphatic rings. The average Bonchev–Trinajstić information content (AvgIpc) is 2.70. The summed E-state index contributed by atoms with van der Waals surface area (Å²) in [4.78, 5) is 36.7. The van der Waals surface area contributed by atoms with Gasteiger partial charge in [0.25, 0.3) is 0 Å². The quantitative estimate of drug-likeness (QED) is 0.177. The Morgan fingerprint density at radius 1 is 1.03 bits per heavy atom. The van der Waals surface area contributed by atoms with E-state index in [1.807, 2.05) is 20.8 Å². The van der Waals surface area contributed by atoms with Gasteiger partial charge >= 0.3 is 17.9 Å². The second-order valence-electron chi connectivity index (χ2n) is 9.06. The van der Waals surface area contributed by atoms with E-state index in [1.165, 1.54) is 6.08 Å². The topological polar surface area (TPSA) is 78.9 Å². The molecule has 0 radical (unpaired) electrons. The van der Waals surface area contributed by atoms with Gasteiger partial charge in [-0.2, -0.15) is 12.6 Å². The molecule has 0 saturated heterocycles. The fourth-order valence-corrected chi connectivity index (χ4v) is 2.92. The van der Waals surface area contributed by atoms with E-state index in [0.29, 0.717) is 12.8 Å². The Bertz CT molecular complexity index is 674. The van der Waals surface area contributed by atoms with Crippen LogP contribution < -0.4 is 0 Å². The minimum Gasteiger partial charge on any atom is -0.458 e. The molecule has 0 aromatic rings. The number of carbonyl (C=O) groups is 3. The van der Waals surface area contributed by atoms with Crippen LogP contribution in [0.15, 0.2) is 24.3 Å². The van der Waals surface area contributed by atoms with E-state index in [0.717, 1.165) is 18.9 Å². The summed E-state index contributed by atoms with van der Waals surface area (Å²) in [5.41, 5.74) is -0.467. The molecule has 0 aliphatic carbocycles. The second kappa shape index (κ2) is 12.3. The highest BCUT2D eigenvalue weighted by atomic mass is 32.1. The van der Waals surface area contributed by atoms with Gasteiger partial charge in [-0.15, -0.1) is 0 Å². The third kappa shape index (κ3) is 10.4. The molecule has 6 nitrogen and oxygen atoms in total. The number of thiol groups is 1. The van der Waals surface area contributed by atoms with Crippen LogP contribution in [-0.2, 0) is 28.6 Å². The predicted molar refractivity (Wildman–Crippen MR) is 126 cm³/mol. The van der Waals surface area contributed by atoms with E-state index in [2.05, 4.69) is 40.0 Å². The van der Waals surface area contributed by atoms with Crippen molar-refractivity contribution in [3.8, 4) is 0 Å². The minimum absolute atomic E-state index is 0.0527. The van der Waals surface area contributed by atoms with Crippen LogP contribution >= 0.6 is 12.6 Å². The molecule has 0 spiro atoms. The first-order chi connectivity index (χ1) is 14.1. The summed E-state index contributed by atoms with van der Waals surface area (Å²) in [6.45, 7) is 18.2. The summed E-state index contributed by atoms with van der Waals surface area (Å²) >= 11 is 4.38. The summed E-state index contributed by atoms with van der Waals surface area (Å²) in [5, 5.41) is 0. The summed E-state index contributed by atoms with van der Waals surface area (Å²) in [6.07, 6.45) is 4.90. The van der Waals surface area contributed by atoms with Crippen molar-refractivity contribution in [3.05, 3.63) is 24.3 Å². The second-order valence-corrected chi connectivity index (χ2v) is 9.99. The largest absolute Gasteiger partial charge is 0.458 e. The maximum absolute atomic E-state index is 12.5. The van der Waals surface area contributed by atoms with Gasteiger partial charge in [0, 0.05) is 11.6 Å². The van der Waals surface area contributed by atoms with Gasteiger partial charge < -0.3 is 14.2 Å². The lowest BCUT2D eigenvalue weighted by atomic mass is 9.79. The zero-order chi connectivity index (χ0) is 24.5. The molecule has 178 valence electrons. The van der Waals surface area contributed by atoms with Crippen LogP contribution in [0.5, 0.6) is 0 Å². The highest BCUT2D eigenvalue weighted by molar-refractivity contribution is 7.83. The first-order valence-corrected chi connectivity index (χ1v) is 11.3. The lowest BCUT2D eigenvalue weighted by Crippen LogP contribution is -2.37. The van der Waals surface area contributed by atoms with Crippen molar-refractivity contribution in [1.29, 1.82) is 0 Å². The minimum atomic E-state index is -1.30. The van der Waals surface area contributed by atoms with E-state index >= 15 is 0 Å². The van der Waals surface area contributed by atoms with Crippen LogP contribution in [0.3, 0.4) is 0 Å². The van der Waals surface area contributed by atoms with Crippen LogP contribution in [0.2, 0.25) is 0 Å². The molecule has 0 aliphatic heterocycles. The molecule has 0 aromatic carbocycles. The molecule has 1 unspecified atom stereocenters. The van der Waals surface area contributed by atoms with Gasteiger partial charge in [-0.1, -0.05) is 47.1 Å². The lowest BCUT2D eigenvalue weighted by molar-refractivity contribution is -0.158. The van der Waals surface area contributed by atoms with E-state index in [1.54, 1.807) is 13.8 Å². The SMILES string of the molecule is C=CC(=O)O[C@@H](COC(=O)/C(C)=C/C(C)(S)C(=O)OC(C)(C)CC)CC(C)(CC)CC. The monoisotopic (exact) mass is 456 g/mol. The molecule has 31 heavy (non-hydrogen) atoms. The molecule has 0 heterocycles. The Morgan fingerprint density at radius 3 is 2.03 bits per heavy atom. The smallest absolute Gasteiger partial charge is 0.333 e. The molecular formula is C24H40O6S. The maximum Gasteiger partial charge on any atom is 0.333 e. The molecule has 0 amide bonds. The van der Waals surface area contributed by atoms with E-state index in [-0.39, 0.29) is 17.6 Å². The molecule has 7 heteroatoms. The molecule has 0 N–H and O–H groups in total. The average molecular weight is 457 g/mol. The fraction of sp³-hybridized carbons (Fsp3) is 0.708. The van der Waals surface area contributed by atoms with E-state index in [4.69, 9.17) is 14.2 Å². The number of rotatable bonds is 13. The van der Waals surface area contributed by atoms with Gasteiger partial charge in [0.15, 0.2) is 0 Å². The van der Waals surface area contributed by atoms with Crippen LogP contribution in [0, 0.1) is 5.41 Å². The number of ether oxygens (including phenoxy) is 3. The van der Waals surface area contributed by atoms with Crippen molar-refractivity contribution in [1.82, 2.24) is 0 Å². The van der Waals surface area contributed by atoms with Crippen molar-refractivity contribution in [2.45, 2.75) is 97.5 Å². The van der Waals surface area contributed by atoms with Gasteiger partial charge in [0.05, 0.1) is 0 Å². The van der Waals surface area contributed by atoms with Crippen molar-refractivity contribution in [2.75, 3.05) is 6.61 Å². The molecular weight excluding hydrogens is 416 g/mol. The van der Waals surface area contributed by atoms with Crippen LogP contribution in [-0.4, -0.2) is 41.0 Å². The summed E-state index contributed by atoms with van der Waals surface area (Å²) in [5.74, 6) is -1.72. The predicted octanol–water partition coefficient (Wildman–Crippen LogP) is 5.21. The zero-order valence-corrected chi connectivity index (χ0v) is 21.3. The van der Waals surface area contributed by atoms with Crippen LogP contribution in [0.1, 0.15) is 81.1 Å². The summed E-state index contributed by atoms with van der Waals surface area (Å²) < 4.78 is 15.0. The Labute approximate surface area is 193 Å². The van der Waals surface area contributed by atoms with E-state index < -0.39 is 34.4 Å². The molecule has 0 fully saturated rings. The Hall–Kier alpha value is -1.76. The van der Waals surface area contributed by atoms with Gasteiger partial charge in [-0.3, -0.25) is 4.79 Å². The van der Waals surface area contributed by atoms with Crippen LogP contribution in [0.4, 0.5) is 0 Å². The normalized spacial score (nSPS) is 15.5. The van der Waals surface area contributed by atoms with Gasteiger partial charge in [-0.05, 0) is 52.0 Å². The van der Waals surface area contributed by atoms with E-state index in [9.17, 15) is 14.4 Å². The first kappa shape index (κ1) is 29.2. The van der Waals surface area contributed by atoms with Crippen molar-refractivity contribution in [3.63, 3.8) is 0 Å². The van der Waals surface area contributed by atoms with Gasteiger partial charge in [0.2, 0.25) is 0 Å². The number of esters is 3. The maximum atomic E-state index is 12.5. The zero-order valence-electron chi connectivity index (χ0n) is 20.4. The van der Waals surface area contributed by atoms with Gasteiger partial charge in [-0.25, -0.2) is 9.59 Å². The molecule has 0 aromatic heterocycles. The number of carbonyl (C=O) groups excluding carboxylic acids is 3. The molecule has 0 rings (SSSR count). The summed E-state index contributed by atoms with van der Waals surface area (Å²) in [6, 6.07) is 0. The Balaban J connectivity index is 5.26. The molecule has 0 bridgehead atoms. The van der Waals surface area contributed by atoms with Crippen molar-refractivity contribution in [2.24, 2.45) is 5.41 Å². The molecule has 2 atom stereocenters. The Kier molecular flexibility index (Phi) is 11.6. The molecule has 0 saturated carbocycles. The lowest BCUT2D eigenvalue weighted by Gasteiger charge is -2.31. The first-order valence-electron chi connectivity index (χ1n) is 10.8. The fourth-order valence-electron chi connectivity index (χ4n) is 2.68. The van der Waals surface area contributed by atoms with Crippen LogP contribution in [0.25, 0.3) is 0 Å². The van der Waals surface area contributed by atoms with Gasteiger partial charge in [0.1, 0.15) is 23.1 Å². The van der Waals surface area contributed by atoms with Crippen molar-refractivity contribution >= 4 is 30.5 Å².